The van der Waals surface area contributed by atoms with Crippen LogP contribution in [0.5, 0.6) is 0 Å². The van der Waals surface area contributed by atoms with E-state index in [2.05, 4.69) is 29.2 Å². The zero-order valence-electron chi connectivity index (χ0n) is 14.0. The molecule has 1 aliphatic rings. The van der Waals surface area contributed by atoms with E-state index in [-0.39, 0.29) is 24.5 Å². The minimum Gasteiger partial charge on any atom is -0.459 e. The third kappa shape index (κ3) is 5.08. The number of benzene rings is 2. The van der Waals surface area contributed by atoms with Gasteiger partial charge in [-0.2, -0.15) is 0 Å². The summed E-state index contributed by atoms with van der Waals surface area (Å²) in [5.74, 6) is -0.199. The quantitative estimate of drug-likeness (QED) is 0.776. The number of rotatable bonds is 4. The molecule has 1 saturated heterocycles. The predicted molar refractivity (Wildman–Crippen MR) is 98.6 cm³/mol. The number of hydrogen-bond acceptors (Lipinski definition) is 3. The molecule has 0 atom stereocenters. The Morgan fingerprint density at radius 3 is 2.46 bits per heavy atom. The van der Waals surface area contributed by atoms with Crippen LogP contribution in [0.3, 0.4) is 0 Å². The molecular weight excluding hydrogens is 322 g/mol. The van der Waals surface area contributed by atoms with Crippen molar-refractivity contribution in [2.75, 3.05) is 13.1 Å². The molecular formula is C20H24ClNO2. The second-order valence-electron chi connectivity index (χ2n) is 6.24. The van der Waals surface area contributed by atoms with E-state index in [0.29, 0.717) is 5.56 Å². The molecule has 3 rings (SSSR count). The minimum atomic E-state index is -0.199. The Morgan fingerprint density at radius 2 is 1.79 bits per heavy atom. The number of ether oxygens (including phenoxy) is 1. The summed E-state index contributed by atoms with van der Waals surface area (Å²) in [6.45, 7) is 4.90. The maximum atomic E-state index is 12.2. The van der Waals surface area contributed by atoms with E-state index in [0.717, 1.165) is 38.0 Å². The highest BCUT2D eigenvalue weighted by molar-refractivity contribution is 5.89. The van der Waals surface area contributed by atoms with Gasteiger partial charge in [0, 0.05) is 19.6 Å². The Balaban J connectivity index is 0.00000208. The van der Waals surface area contributed by atoms with Gasteiger partial charge in [0.15, 0.2) is 0 Å². The first-order valence-electron chi connectivity index (χ1n) is 8.24. The molecule has 2 aromatic carbocycles. The summed E-state index contributed by atoms with van der Waals surface area (Å²) in [5, 5.41) is 0. The number of esters is 1. The molecule has 0 unspecified atom stereocenters. The molecule has 1 fully saturated rings. The third-order valence-corrected chi connectivity index (χ3v) is 4.31. The molecule has 1 heterocycles. The number of halogens is 1. The largest absolute Gasteiger partial charge is 0.459 e. The molecule has 0 amide bonds. The predicted octanol–water partition coefficient (Wildman–Crippen LogP) is 4.24. The molecule has 3 nitrogen and oxygen atoms in total. The normalized spacial score (nSPS) is 15.5. The molecule has 0 bridgehead atoms. The van der Waals surface area contributed by atoms with Crippen molar-refractivity contribution in [2.24, 2.45) is 0 Å². The Morgan fingerprint density at radius 1 is 1.08 bits per heavy atom. The van der Waals surface area contributed by atoms with Gasteiger partial charge < -0.3 is 4.74 Å². The first kappa shape index (κ1) is 18.5. The smallest absolute Gasteiger partial charge is 0.338 e. The number of carbonyl (C=O) groups excluding carboxylic acids is 1. The molecule has 128 valence electrons. The summed E-state index contributed by atoms with van der Waals surface area (Å²) in [6, 6.07) is 18.1. The topological polar surface area (TPSA) is 29.5 Å². The van der Waals surface area contributed by atoms with Crippen molar-refractivity contribution in [1.82, 2.24) is 4.90 Å². The van der Waals surface area contributed by atoms with Gasteiger partial charge in [-0.15, -0.1) is 12.4 Å². The van der Waals surface area contributed by atoms with Crippen LogP contribution in [0.15, 0.2) is 54.6 Å². The molecule has 0 radical (unpaired) electrons. The summed E-state index contributed by atoms with van der Waals surface area (Å²) in [6.07, 6.45) is 1.85. The van der Waals surface area contributed by atoms with E-state index in [4.69, 9.17) is 4.74 Å². The minimum absolute atomic E-state index is 0. The van der Waals surface area contributed by atoms with Crippen LogP contribution in [0, 0.1) is 6.92 Å². The van der Waals surface area contributed by atoms with Gasteiger partial charge in [-0.25, -0.2) is 4.79 Å². The average molecular weight is 346 g/mol. The summed E-state index contributed by atoms with van der Waals surface area (Å²) >= 11 is 0. The standard InChI is InChI=1S/C20H23NO2.ClH/c1-16-6-5-9-18(14-16)20(22)23-19-10-12-21(13-11-19)15-17-7-3-2-4-8-17;/h2-9,14,19H,10-13,15H2,1H3;1H. The fourth-order valence-corrected chi connectivity index (χ4v) is 3.02. The molecule has 4 heteroatoms. The average Bonchev–Trinajstić information content (AvgIpc) is 2.57. The molecule has 0 aromatic heterocycles. The van der Waals surface area contributed by atoms with Crippen LogP contribution in [-0.4, -0.2) is 30.1 Å². The van der Waals surface area contributed by atoms with Crippen molar-refractivity contribution < 1.29 is 9.53 Å². The van der Waals surface area contributed by atoms with Crippen molar-refractivity contribution >= 4 is 18.4 Å². The van der Waals surface area contributed by atoms with Crippen LogP contribution in [0.4, 0.5) is 0 Å². The van der Waals surface area contributed by atoms with Crippen LogP contribution in [0.1, 0.15) is 34.3 Å². The lowest BCUT2D eigenvalue weighted by molar-refractivity contribution is 0.0104. The van der Waals surface area contributed by atoms with E-state index in [1.807, 2.05) is 37.3 Å². The zero-order valence-corrected chi connectivity index (χ0v) is 14.8. The van der Waals surface area contributed by atoms with Crippen LogP contribution in [-0.2, 0) is 11.3 Å². The fourth-order valence-electron chi connectivity index (χ4n) is 3.02. The van der Waals surface area contributed by atoms with Gasteiger partial charge in [0.25, 0.3) is 0 Å². The van der Waals surface area contributed by atoms with Crippen LogP contribution >= 0.6 is 12.4 Å². The lowest BCUT2D eigenvalue weighted by Gasteiger charge is -2.31. The van der Waals surface area contributed by atoms with Gasteiger partial charge in [0.1, 0.15) is 6.10 Å². The van der Waals surface area contributed by atoms with Crippen molar-refractivity contribution in [3.8, 4) is 0 Å². The zero-order chi connectivity index (χ0) is 16.1. The van der Waals surface area contributed by atoms with E-state index in [1.165, 1.54) is 5.56 Å². The highest BCUT2D eigenvalue weighted by Crippen LogP contribution is 2.18. The summed E-state index contributed by atoms with van der Waals surface area (Å²) in [4.78, 5) is 14.6. The number of likely N-dealkylation sites (tertiary alicyclic amines) is 1. The van der Waals surface area contributed by atoms with E-state index in [9.17, 15) is 4.79 Å². The molecule has 0 saturated carbocycles. The van der Waals surface area contributed by atoms with Crippen LogP contribution < -0.4 is 0 Å². The number of hydrogen-bond donors (Lipinski definition) is 0. The number of nitrogens with zero attached hydrogens (tertiary/aromatic N) is 1. The van der Waals surface area contributed by atoms with Crippen LogP contribution in [0.2, 0.25) is 0 Å². The number of aryl methyl sites for hydroxylation is 1. The molecule has 1 aliphatic heterocycles. The SMILES string of the molecule is Cc1cccc(C(=O)OC2CCN(Cc3ccccc3)CC2)c1.Cl. The lowest BCUT2D eigenvalue weighted by Crippen LogP contribution is -2.37. The first-order valence-corrected chi connectivity index (χ1v) is 8.24. The van der Waals surface area contributed by atoms with Crippen molar-refractivity contribution in [1.29, 1.82) is 0 Å². The molecule has 2 aromatic rings. The van der Waals surface area contributed by atoms with Crippen LogP contribution in [0.25, 0.3) is 0 Å². The van der Waals surface area contributed by atoms with E-state index < -0.39 is 0 Å². The molecule has 0 spiro atoms. The van der Waals surface area contributed by atoms with Crippen molar-refractivity contribution in [2.45, 2.75) is 32.4 Å². The summed E-state index contributed by atoms with van der Waals surface area (Å²) < 4.78 is 5.67. The maximum absolute atomic E-state index is 12.2. The number of carbonyl (C=O) groups is 1. The number of piperidine rings is 1. The monoisotopic (exact) mass is 345 g/mol. The fraction of sp³-hybridized carbons (Fsp3) is 0.350. The Hall–Kier alpha value is -1.84. The van der Waals surface area contributed by atoms with Crippen molar-refractivity contribution in [3.63, 3.8) is 0 Å². The van der Waals surface area contributed by atoms with Gasteiger partial charge in [-0.1, -0.05) is 48.0 Å². The van der Waals surface area contributed by atoms with E-state index in [1.54, 1.807) is 0 Å². The first-order chi connectivity index (χ1) is 11.2. The Kier molecular flexibility index (Phi) is 6.83. The molecule has 0 N–H and O–H groups in total. The third-order valence-electron chi connectivity index (χ3n) is 4.31. The Bertz CT molecular complexity index is 652. The van der Waals surface area contributed by atoms with Gasteiger partial charge in [-0.3, -0.25) is 4.90 Å². The van der Waals surface area contributed by atoms with Gasteiger partial charge in [0.05, 0.1) is 5.56 Å². The molecule has 24 heavy (non-hydrogen) atoms. The Labute approximate surface area is 150 Å². The van der Waals surface area contributed by atoms with Gasteiger partial charge >= 0.3 is 5.97 Å². The second-order valence-corrected chi connectivity index (χ2v) is 6.24. The second kappa shape index (κ2) is 8.86. The van der Waals surface area contributed by atoms with Gasteiger partial charge in [0.2, 0.25) is 0 Å². The summed E-state index contributed by atoms with van der Waals surface area (Å²) in [5.41, 5.74) is 3.07. The van der Waals surface area contributed by atoms with Gasteiger partial charge in [-0.05, 0) is 37.5 Å². The molecule has 0 aliphatic carbocycles. The lowest BCUT2D eigenvalue weighted by atomic mass is 10.1. The van der Waals surface area contributed by atoms with Crippen molar-refractivity contribution in [3.05, 3.63) is 71.3 Å². The maximum Gasteiger partial charge on any atom is 0.338 e. The highest BCUT2D eigenvalue weighted by atomic mass is 35.5. The highest BCUT2D eigenvalue weighted by Gasteiger charge is 2.22. The summed E-state index contributed by atoms with van der Waals surface area (Å²) in [7, 11) is 0. The van der Waals surface area contributed by atoms with E-state index >= 15 is 0 Å².